The minimum absolute atomic E-state index is 0.103. The molecular weight excluding hydrogens is 416 g/mol. The highest BCUT2D eigenvalue weighted by molar-refractivity contribution is 7.90. The molecule has 1 unspecified atom stereocenters. The number of phenols is 1. The van der Waals surface area contributed by atoms with Crippen molar-refractivity contribution in [2.24, 2.45) is 10.9 Å². The quantitative estimate of drug-likeness (QED) is 0.752. The standard InChI is InChI=1S/C22H26N4O4S/c1-15(2)20(23-21-16-7-3-6-10-19(16)31(29,30)24-21)22(28)26-13-11-25(12-14-26)17-8-4-5-9-18(17)27/h3-10,15,20,27H,11-14H2,1-2H3,(H,23,24). The zero-order valence-electron chi connectivity index (χ0n) is 17.5. The number of nitrogens with one attached hydrogen (secondary N) is 1. The van der Waals surface area contributed by atoms with Gasteiger partial charge >= 0.3 is 0 Å². The lowest BCUT2D eigenvalue weighted by atomic mass is 10.0. The predicted molar refractivity (Wildman–Crippen MR) is 119 cm³/mol. The number of piperazine rings is 1. The summed E-state index contributed by atoms with van der Waals surface area (Å²) in [5, 5.41) is 10.1. The number of aromatic hydroxyl groups is 1. The number of carbonyl (C=O) groups excluding carboxylic acids is 1. The molecule has 0 bridgehead atoms. The summed E-state index contributed by atoms with van der Waals surface area (Å²) in [5.41, 5.74) is 1.25. The fraction of sp³-hybridized carbons (Fsp3) is 0.364. The number of benzene rings is 2. The topological polar surface area (TPSA) is 102 Å². The van der Waals surface area contributed by atoms with Gasteiger partial charge in [-0.3, -0.25) is 14.5 Å². The number of amidine groups is 1. The molecule has 0 aromatic heterocycles. The highest BCUT2D eigenvalue weighted by Crippen LogP contribution is 2.28. The van der Waals surface area contributed by atoms with Crippen molar-refractivity contribution in [1.29, 1.82) is 0 Å². The van der Waals surface area contributed by atoms with Gasteiger partial charge in [-0.25, -0.2) is 8.42 Å². The van der Waals surface area contributed by atoms with Gasteiger partial charge in [0.05, 0.1) is 10.6 Å². The normalized spacial score (nSPS) is 19.9. The summed E-state index contributed by atoms with van der Waals surface area (Å²) < 4.78 is 27.2. The SMILES string of the molecule is CC(C)C(N=C1NS(=O)(=O)c2ccccc21)C(=O)N1CCN(c2ccccc2O)CC1. The van der Waals surface area contributed by atoms with Gasteiger partial charge in [0.25, 0.3) is 10.0 Å². The van der Waals surface area contributed by atoms with E-state index in [1.165, 1.54) is 6.07 Å². The van der Waals surface area contributed by atoms with Crippen LogP contribution in [0.1, 0.15) is 19.4 Å². The average Bonchev–Trinajstić information content (AvgIpc) is 3.02. The molecule has 0 spiro atoms. The number of para-hydroxylation sites is 2. The van der Waals surface area contributed by atoms with Crippen LogP contribution in [0, 0.1) is 5.92 Å². The summed E-state index contributed by atoms with van der Waals surface area (Å²) in [6, 6.07) is 13.1. The third kappa shape index (κ3) is 4.10. The minimum atomic E-state index is -3.65. The first-order chi connectivity index (χ1) is 14.8. The first kappa shape index (κ1) is 21.2. The Morgan fingerprint density at radius 2 is 1.68 bits per heavy atom. The molecule has 9 heteroatoms. The molecule has 164 valence electrons. The van der Waals surface area contributed by atoms with Crippen molar-refractivity contribution in [2.75, 3.05) is 31.1 Å². The lowest BCUT2D eigenvalue weighted by molar-refractivity contribution is -0.133. The second-order valence-corrected chi connectivity index (χ2v) is 9.72. The molecule has 2 heterocycles. The summed E-state index contributed by atoms with van der Waals surface area (Å²) in [6.45, 7) is 6.01. The largest absolute Gasteiger partial charge is 0.506 e. The van der Waals surface area contributed by atoms with Crippen LogP contribution in [0.5, 0.6) is 5.75 Å². The average molecular weight is 443 g/mol. The number of hydrogen-bond donors (Lipinski definition) is 2. The summed E-state index contributed by atoms with van der Waals surface area (Å²) in [7, 11) is -3.65. The Morgan fingerprint density at radius 3 is 2.35 bits per heavy atom. The van der Waals surface area contributed by atoms with E-state index < -0.39 is 16.1 Å². The number of rotatable bonds is 4. The van der Waals surface area contributed by atoms with E-state index in [-0.39, 0.29) is 28.3 Å². The summed E-state index contributed by atoms with van der Waals surface area (Å²) in [4.78, 5) is 21.8. The van der Waals surface area contributed by atoms with E-state index in [0.717, 1.165) is 5.69 Å². The number of hydrogen-bond acceptors (Lipinski definition) is 6. The smallest absolute Gasteiger partial charge is 0.263 e. The maximum Gasteiger partial charge on any atom is 0.263 e. The lowest BCUT2D eigenvalue weighted by Gasteiger charge is -2.37. The van der Waals surface area contributed by atoms with Gasteiger partial charge in [0.2, 0.25) is 5.91 Å². The van der Waals surface area contributed by atoms with Crippen LogP contribution in [0.4, 0.5) is 5.69 Å². The highest BCUT2D eigenvalue weighted by Gasteiger charge is 2.34. The van der Waals surface area contributed by atoms with Gasteiger partial charge in [-0.05, 0) is 30.2 Å². The van der Waals surface area contributed by atoms with Crippen molar-refractivity contribution < 1.29 is 18.3 Å². The molecule has 2 aromatic rings. The van der Waals surface area contributed by atoms with Crippen molar-refractivity contribution in [3.63, 3.8) is 0 Å². The number of carbonyl (C=O) groups is 1. The number of nitrogens with zero attached hydrogens (tertiary/aromatic N) is 3. The van der Waals surface area contributed by atoms with Gasteiger partial charge in [-0.15, -0.1) is 0 Å². The molecule has 2 N–H and O–H groups in total. The van der Waals surface area contributed by atoms with Gasteiger partial charge in [-0.2, -0.15) is 0 Å². The number of fused-ring (bicyclic) bond motifs is 1. The van der Waals surface area contributed by atoms with Crippen LogP contribution in [0.25, 0.3) is 0 Å². The number of phenolic OH excluding ortho intramolecular Hbond substituents is 1. The number of sulfonamides is 1. The molecule has 0 aliphatic carbocycles. The van der Waals surface area contributed by atoms with Gasteiger partial charge in [-0.1, -0.05) is 38.1 Å². The molecule has 1 saturated heterocycles. The molecule has 1 atom stereocenters. The first-order valence-electron chi connectivity index (χ1n) is 10.3. The molecule has 2 aliphatic rings. The molecule has 31 heavy (non-hydrogen) atoms. The third-order valence-corrected chi connectivity index (χ3v) is 7.03. The van der Waals surface area contributed by atoms with Crippen molar-refractivity contribution in [1.82, 2.24) is 9.62 Å². The Bertz CT molecular complexity index is 1120. The van der Waals surface area contributed by atoms with Crippen LogP contribution >= 0.6 is 0 Å². The number of amides is 1. The maximum atomic E-state index is 13.3. The molecule has 0 saturated carbocycles. The van der Waals surface area contributed by atoms with Crippen LogP contribution in [-0.4, -0.2) is 62.4 Å². The van der Waals surface area contributed by atoms with E-state index in [4.69, 9.17) is 0 Å². The van der Waals surface area contributed by atoms with Crippen molar-refractivity contribution in [3.05, 3.63) is 54.1 Å². The van der Waals surface area contributed by atoms with Crippen LogP contribution in [0.15, 0.2) is 58.4 Å². The van der Waals surface area contributed by atoms with Crippen LogP contribution in [0.3, 0.4) is 0 Å². The van der Waals surface area contributed by atoms with Gasteiger partial charge in [0, 0.05) is 31.7 Å². The molecule has 8 nitrogen and oxygen atoms in total. The van der Waals surface area contributed by atoms with E-state index in [2.05, 4.69) is 14.6 Å². The fourth-order valence-corrected chi connectivity index (χ4v) is 5.18. The summed E-state index contributed by atoms with van der Waals surface area (Å²) in [6.07, 6.45) is 0. The zero-order chi connectivity index (χ0) is 22.2. The molecule has 4 rings (SSSR count). The Balaban J connectivity index is 1.52. The number of aliphatic imine (C=N–C) groups is 1. The van der Waals surface area contributed by atoms with Crippen molar-refractivity contribution in [3.8, 4) is 5.75 Å². The van der Waals surface area contributed by atoms with Crippen LogP contribution in [-0.2, 0) is 14.8 Å². The molecule has 1 amide bonds. The fourth-order valence-electron chi connectivity index (χ4n) is 3.94. The monoisotopic (exact) mass is 442 g/mol. The Labute approximate surface area is 182 Å². The van der Waals surface area contributed by atoms with Crippen LogP contribution < -0.4 is 9.62 Å². The maximum absolute atomic E-state index is 13.3. The van der Waals surface area contributed by atoms with Crippen LogP contribution in [0.2, 0.25) is 0 Å². The Morgan fingerprint density at radius 1 is 1.03 bits per heavy atom. The van der Waals surface area contributed by atoms with Crippen molar-refractivity contribution in [2.45, 2.75) is 24.8 Å². The van der Waals surface area contributed by atoms with Gasteiger partial charge in [0.15, 0.2) is 0 Å². The van der Waals surface area contributed by atoms with Crippen molar-refractivity contribution >= 4 is 27.5 Å². The third-order valence-electron chi connectivity index (χ3n) is 5.63. The Kier molecular flexibility index (Phi) is 5.62. The molecule has 2 aliphatic heterocycles. The van der Waals surface area contributed by atoms with Gasteiger partial charge in [0.1, 0.15) is 17.6 Å². The summed E-state index contributed by atoms with van der Waals surface area (Å²) in [5.74, 6) is 0.216. The molecule has 1 fully saturated rings. The second kappa shape index (κ2) is 8.22. The Hall–Kier alpha value is -3.07. The van der Waals surface area contributed by atoms with E-state index in [0.29, 0.717) is 31.7 Å². The molecular formula is C22H26N4O4S. The number of anilines is 1. The van der Waals surface area contributed by atoms with E-state index in [9.17, 15) is 18.3 Å². The predicted octanol–water partition coefficient (Wildman–Crippen LogP) is 1.80. The lowest BCUT2D eigenvalue weighted by Crippen LogP contribution is -2.52. The first-order valence-corrected chi connectivity index (χ1v) is 11.8. The minimum Gasteiger partial charge on any atom is -0.506 e. The zero-order valence-corrected chi connectivity index (χ0v) is 18.3. The van der Waals surface area contributed by atoms with E-state index in [1.807, 2.05) is 26.0 Å². The second-order valence-electron chi connectivity index (χ2n) is 8.07. The summed E-state index contributed by atoms with van der Waals surface area (Å²) >= 11 is 0. The van der Waals surface area contributed by atoms with E-state index in [1.54, 1.807) is 35.2 Å². The van der Waals surface area contributed by atoms with Gasteiger partial charge < -0.3 is 14.9 Å². The molecule has 0 radical (unpaired) electrons. The highest BCUT2D eigenvalue weighted by atomic mass is 32.2. The van der Waals surface area contributed by atoms with E-state index >= 15 is 0 Å². The molecule has 2 aromatic carbocycles.